The zero-order chi connectivity index (χ0) is 14.7. The average Bonchev–Trinajstić information content (AvgIpc) is 3.02. The lowest BCUT2D eigenvalue weighted by atomic mass is 9.82. The van der Waals surface area contributed by atoms with E-state index in [0.29, 0.717) is 16.5 Å². The molecule has 3 aliphatic heterocycles. The molecule has 0 radical (unpaired) electrons. The van der Waals surface area contributed by atoms with Crippen LogP contribution in [0, 0.1) is 5.92 Å². The maximum Gasteiger partial charge on any atom is 0.353 e. The van der Waals surface area contributed by atoms with Gasteiger partial charge in [0.25, 0.3) is 0 Å². The highest BCUT2D eigenvalue weighted by molar-refractivity contribution is 8.03. The van der Waals surface area contributed by atoms with Crippen molar-refractivity contribution < 1.29 is 14.7 Å². The average molecular weight is 308 g/mol. The molecule has 1 aromatic heterocycles. The first-order valence-electron chi connectivity index (χ1n) is 6.51. The number of allylic oxidation sites excluding steroid dienone is 1. The number of thioether (sulfide) groups is 1. The number of tetrazole rings is 1. The molecule has 0 saturated carbocycles. The first-order valence-corrected chi connectivity index (χ1v) is 7.32. The summed E-state index contributed by atoms with van der Waals surface area (Å²) in [6.07, 6.45) is 0.622. The van der Waals surface area contributed by atoms with Gasteiger partial charge in [0, 0.05) is 18.5 Å². The number of nitrogens with zero attached hydrogens (tertiary/aromatic N) is 5. The lowest BCUT2D eigenvalue weighted by Crippen LogP contribution is -2.68. The van der Waals surface area contributed by atoms with Crippen LogP contribution in [0.1, 0.15) is 6.42 Å². The summed E-state index contributed by atoms with van der Waals surface area (Å²) >= 11 is 1.22. The Morgan fingerprint density at radius 1 is 1.52 bits per heavy atom. The number of nitrogens with one attached hydrogen (secondary N) is 1. The van der Waals surface area contributed by atoms with Crippen LogP contribution in [0.25, 0.3) is 0 Å². The lowest BCUT2D eigenvalue weighted by Gasteiger charge is -2.48. The molecule has 2 saturated heterocycles. The highest BCUT2D eigenvalue weighted by Gasteiger charge is 2.59. The Morgan fingerprint density at radius 3 is 3.00 bits per heavy atom. The van der Waals surface area contributed by atoms with Crippen LogP contribution in [-0.4, -0.2) is 60.7 Å². The van der Waals surface area contributed by atoms with Crippen molar-refractivity contribution in [2.45, 2.75) is 23.7 Å². The van der Waals surface area contributed by atoms with E-state index in [-0.39, 0.29) is 29.6 Å². The van der Waals surface area contributed by atoms with E-state index in [4.69, 9.17) is 0 Å². The molecular formula is C11H12N6O3S. The van der Waals surface area contributed by atoms with Crippen molar-refractivity contribution in [2.75, 3.05) is 6.54 Å². The maximum absolute atomic E-state index is 12.1. The second-order valence-electron chi connectivity index (χ2n) is 5.31. The predicted octanol–water partition coefficient (Wildman–Crippen LogP) is -1.20. The van der Waals surface area contributed by atoms with Gasteiger partial charge in [-0.25, -0.2) is 9.48 Å². The minimum Gasteiger partial charge on any atom is -0.477 e. The van der Waals surface area contributed by atoms with Gasteiger partial charge in [-0.1, -0.05) is 11.8 Å². The molecule has 2 N–H and O–H groups in total. The monoisotopic (exact) mass is 308 g/mol. The number of hydrogen-bond donors (Lipinski definition) is 2. The summed E-state index contributed by atoms with van der Waals surface area (Å²) in [7, 11) is 1.69. The number of carbonyl (C=O) groups excluding carboxylic acids is 1. The van der Waals surface area contributed by atoms with Crippen LogP contribution in [0.4, 0.5) is 0 Å². The molecular weight excluding hydrogens is 296 g/mol. The zero-order valence-electron chi connectivity index (χ0n) is 11.1. The Labute approximate surface area is 123 Å². The Hall–Kier alpha value is -1.94. The van der Waals surface area contributed by atoms with Gasteiger partial charge in [0.1, 0.15) is 11.7 Å². The van der Waals surface area contributed by atoms with Crippen LogP contribution in [0.15, 0.2) is 15.8 Å². The molecule has 10 heteroatoms. The summed E-state index contributed by atoms with van der Waals surface area (Å²) in [6, 6.07) is -0.238. The van der Waals surface area contributed by atoms with Gasteiger partial charge in [-0.3, -0.25) is 9.69 Å². The highest BCUT2D eigenvalue weighted by Crippen LogP contribution is 2.47. The number of carboxylic acid groups (broad SMARTS) is 1. The second-order valence-corrected chi connectivity index (χ2v) is 6.38. The molecule has 4 rings (SSSR count). The van der Waals surface area contributed by atoms with Crippen LogP contribution in [0.5, 0.6) is 0 Å². The lowest BCUT2D eigenvalue weighted by molar-refractivity contribution is -0.153. The largest absolute Gasteiger partial charge is 0.477 e. The van der Waals surface area contributed by atoms with E-state index in [9.17, 15) is 14.7 Å². The zero-order valence-corrected chi connectivity index (χ0v) is 11.9. The van der Waals surface area contributed by atoms with Crippen LogP contribution < -0.4 is 5.32 Å². The van der Waals surface area contributed by atoms with Gasteiger partial charge in [0.05, 0.1) is 6.04 Å². The molecule has 0 spiro atoms. The molecule has 0 aromatic carbocycles. The molecule has 4 heterocycles. The molecule has 1 amide bonds. The molecule has 0 bridgehead atoms. The number of hydrogen-bond acceptors (Lipinski definition) is 7. The van der Waals surface area contributed by atoms with Crippen LogP contribution in [0.3, 0.4) is 0 Å². The van der Waals surface area contributed by atoms with Gasteiger partial charge >= 0.3 is 5.97 Å². The van der Waals surface area contributed by atoms with E-state index in [0.717, 1.165) is 6.54 Å². The number of carboxylic acids is 1. The fraction of sp³-hybridized carbons (Fsp3) is 0.545. The van der Waals surface area contributed by atoms with Gasteiger partial charge < -0.3 is 10.4 Å². The highest BCUT2D eigenvalue weighted by atomic mass is 32.2. The first-order chi connectivity index (χ1) is 10.1. The van der Waals surface area contributed by atoms with Gasteiger partial charge in [-0.2, -0.15) is 0 Å². The first kappa shape index (κ1) is 12.8. The summed E-state index contributed by atoms with van der Waals surface area (Å²) in [6.45, 7) is 0.728. The van der Waals surface area contributed by atoms with E-state index >= 15 is 0 Å². The molecule has 1 aromatic rings. The molecule has 2 fully saturated rings. The van der Waals surface area contributed by atoms with E-state index in [1.807, 2.05) is 0 Å². The van der Waals surface area contributed by atoms with Crippen LogP contribution in [-0.2, 0) is 16.6 Å². The SMILES string of the molecule is Cn1nnnc1SC1=C(C(=O)O)N2C(=O)[C@H]3NC[C@@H](C1)[C@H]32. The summed E-state index contributed by atoms with van der Waals surface area (Å²) in [5, 5.41) is 24.3. The van der Waals surface area contributed by atoms with E-state index < -0.39 is 5.97 Å². The number of amides is 1. The topological polar surface area (TPSA) is 113 Å². The fourth-order valence-corrected chi connectivity index (χ4v) is 4.30. The third kappa shape index (κ3) is 1.65. The number of carbonyl (C=O) groups is 2. The minimum atomic E-state index is -1.08. The Balaban J connectivity index is 1.75. The number of aliphatic carboxylic acids is 1. The number of β-lactam (4-membered cyclic amide) rings is 1. The van der Waals surface area contributed by atoms with Crippen LogP contribution in [0.2, 0.25) is 0 Å². The van der Waals surface area contributed by atoms with Gasteiger partial charge in [-0.05, 0) is 22.8 Å². The van der Waals surface area contributed by atoms with Crippen molar-refractivity contribution >= 4 is 23.6 Å². The quantitative estimate of drug-likeness (QED) is 0.670. The van der Waals surface area contributed by atoms with Gasteiger partial charge in [-0.15, -0.1) is 5.10 Å². The Morgan fingerprint density at radius 2 is 2.33 bits per heavy atom. The number of aromatic nitrogens is 4. The third-order valence-electron chi connectivity index (χ3n) is 4.18. The van der Waals surface area contributed by atoms with E-state index in [1.54, 1.807) is 7.05 Å². The normalized spacial score (nSPS) is 30.4. The van der Waals surface area contributed by atoms with Crippen molar-refractivity contribution in [1.82, 2.24) is 30.4 Å². The minimum absolute atomic E-state index is 0.0226. The number of aryl methyl sites for hydroxylation is 1. The third-order valence-corrected chi connectivity index (χ3v) is 5.31. The summed E-state index contributed by atoms with van der Waals surface area (Å²) < 4.78 is 1.48. The maximum atomic E-state index is 12.1. The molecule has 3 atom stereocenters. The predicted molar refractivity (Wildman–Crippen MR) is 69.8 cm³/mol. The molecule has 110 valence electrons. The summed E-state index contributed by atoms with van der Waals surface area (Å²) in [5.74, 6) is -0.988. The molecule has 0 unspecified atom stereocenters. The van der Waals surface area contributed by atoms with Crippen molar-refractivity contribution in [3.63, 3.8) is 0 Å². The molecule has 9 nitrogen and oxygen atoms in total. The molecule has 3 aliphatic rings. The second kappa shape index (κ2) is 4.28. The summed E-state index contributed by atoms with van der Waals surface area (Å²) in [5.41, 5.74) is 0.0780. The molecule has 0 aliphatic carbocycles. The van der Waals surface area contributed by atoms with Crippen molar-refractivity contribution in [1.29, 1.82) is 0 Å². The smallest absolute Gasteiger partial charge is 0.353 e. The van der Waals surface area contributed by atoms with Crippen LogP contribution >= 0.6 is 11.8 Å². The van der Waals surface area contributed by atoms with Crippen molar-refractivity contribution in [3.05, 3.63) is 10.6 Å². The van der Waals surface area contributed by atoms with E-state index in [2.05, 4.69) is 20.8 Å². The van der Waals surface area contributed by atoms with Gasteiger partial charge in [0.15, 0.2) is 0 Å². The Kier molecular flexibility index (Phi) is 2.60. The number of rotatable bonds is 3. The summed E-state index contributed by atoms with van der Waals surface area (Å²) in [4.78, 5) is 25.8. The van der Waals surface area contributed by atoms with Crippen molar-refractivity contribution in [2.24, 2.45) is 13.0 Å². The standard InChI is InChI=1S/C11H12N6O3S/c1-16-11(13-14-15-16)21-5-2-4-3-12-6-7(4)17(9(6)18)8(5)10(19)20/h4,6-7,12H,2-3H2,1H3,(H,19,20)/t4-,6+,7-/m1/s1. The van der Waals surface area contributed by atoms with E-state index in [1.165, 1.54) is 21.3 Å². The fourth-order valence-electron chi connectivity index (χ4n) is 3.25. The van der Waals surface area contributed by atoms with Crippen molar-refractivity contribution in [3.8, 4) is 0 Å². The molecule has 21 heavy (non-hydrogen) atoms. The van der Waals surface area contributed by atoms with Gasteiger partial charge in [0.2, 0.25) is 11.1 Å². The Bertz CT molecular complexity index is 685.